The Labute approximate surface area is 127 Å². The van der Waals surface area contributed by atoms with Crippen LogP contribution in [0.25, 0.3) is 0 Å². The van der Waals surface area contributed by atoms with Crippen LogP contribution in [0, 0.1) is 5.92 Å². The molecule has 0 saturated heterocycles. The Balaban J connectivity index is 1.77. The second kappa shape index (κ2) is 5.88. The summed E-state index contributed by atoms with van der Waals surface area (Å²) < 4.78 is 39.4. The lowest BCUT2D eigenvalue weighted by atomic mass is 9.83. The smallest absolute Gasteiger partial charge is 0.309 e. The van der Waals surface area contributed by atoms with E-state index in [4.69, 9.17) is 0 Å². The highest BCUT2D eigenvalue weighted by molar-refractivity contribution is 7.11. The molecule has 2 aliphatic carbocycles. The zero-order valence-corrected chi connectivity index (χ0v) is 13.0. The molecule has 0 atom stereocenters. The molecule has 2 aliphatic rings. The second-order valence-corrected chi connectivity index (χ2v) is 7.55. The van der Waals surface area contributed by atoms with Crippen molar-refractivity contribution >= 4 is 11.3 Å². The van der Waals surface area contributed by atoms with E-state index in [0.29, 0.717) is 28.4 Å². The minimum absolute atomic E-state index is 0.224. The molecule has 2 saturated carbocycles. The molecule has 0 amide bonds. The predicted octanol–water partition coefficient (Wildman–Crippen LogP) is 4.71. The topological polar surface area (TPSA) is 24.9 Å². The first-order valence-corrected chi connectivity index (χ1v) is 8.55. The standard InChI is InChI=1S/C15H21F3N2S/c1-9-2-4-10(5-3-9)14-20-13(15(16,17)18)12(21-14)8-19-11-6-7-11/h9-11,19H,2-8H2,1H3. The van der Waals surface area contributed by atoms with Crippen molar-refractivity contribution in [3.05, 3.63) is 15.6 Å². The lowest BCUT2D eigenvalue weighted by Gasteiger charge is -2.24. The highest BCUT2D eigenvalue weighted by Gasteiger charge is 2.38. The Morgan fingerprint density at radius 1 is 1.14 bits per heavy atom. The van der Waals surface area contributed by atoms with Crippen LogP contribution in [-0.4, -0.2) is 11.0 Å². The molecule has 118 valence electrons. The van der Waals surface area contributed by atoms with Crippen molar-refractivity contribution in [1.82, 2.24) is 10.3 Å². The first-order chi connectivity index (χ1) is 9.93. The summed E-state index contributed by atoms with van der Waals surface area (Å²) in [5, 5.41) is 3.88. The number of thiazole rings is 1. The van der Waals surface area contributed by atoms with E-state index in [9.17, 15) is 13.2 Å². The lowest BCUT2D eigenvalue weighted by molar-refractivity contribution is -0.141. The van der Waals surface area contributed by atoms with E-state index in [1.54, 1.807) is 0 Å². The van der Waals surface area contributed by atoms with Crippen molar-refractivity contribution in [2.45, 2.75) is 70.1 Å². The summed E-state index contributed by atoms with van der Waals surface area (Å²) in [6, 6.07) is 0.409. The van der Waals surface area contributed by atoms with Crippen molar-refractivity contribution in [3.63, 3.8) is 0 Å². The fourth-order valence-electron chi connectivity index (χ4n) is 2.92. The normalized spacial score (nSPS) is 27.0. The largest absolute Gasteiger partial charge is 0.434 e. The molecular weight excluding hydrogens is 297 g/mol. The fraction of sp³-hybridized carbons (Fsp3) is 0.800. The van der Waals surface area contributed by atoms with Gasteiger partial charge in [-0.15, -0.1) is 11.3 Å². The van der Waals surface area contributed by atoms with Gasteiger partial charge in [-0.05, 0) is 31.6 Å². The summed E-state index contributed by atoms with van der Waals surface area (Å²) in [6.45, 7) is 2.52. The van der Waals surface area contributed by atoms with E-state index in [1.165, 1.54) is 11.3 Å². The van der Waals surface area contributed by atoms with E-state index < -0.39 is 11.9 Å². The summed E-state index contributed by atoms with van der Waals surface area (Å²) in [5.41, 5.74) is -0.658. The first kappa shape index (κ1) is 15.3. The Morgan fingerprint density at radius 2 is 1.81 bits per heavy atom. The van der Waals surface area contributed by atoms with Gasteiger partial charge in [0.05, 0.1) is 9.88 Å². The number of nitrogens with one attached hydrogen (secondary N) is 1. The Hall–Kier alpha value is -0.620. The summed E-state index contributed by atoms with van der Waals surface area (Å²) in [4.78, 5) is 4.35. The van der Waals surface area contributed by atoms with Gasteiger partial charge in [-0.1, -0.05) is 19.8 Å². The molecule has 0 radical (unpaired) electrons. The third-order valence-electron chi connectivity index (χ3n) is 4.48. The van der Waals surface area contributed by atoms with Crippen LogP contribution in [0.5, 0.6) is 0 Å². The van der Waals surface area contributed by atoms with Gasteiger partial charge in [0.1, 0.15) is 0 Å². The van der Waals surface area contributed by atoms with Crippen molar-refractivity contribution in [2.75, 3.05) is 0 Å². The molecule has 2 fully saturated rings. The number of alkyl halides is 3. The lowest BCUT2D eigenvalue weighted by Crippen LogP contribution is -2.18. The van der Waals surface area contributed by atoms with Gasteiger partial charge in [-0.2, -0.15) is 13.2 Å². The molecule has 0 bridgehead atoms. The molecule has 0 aliphatic heterocycles. The van der Waals surface area contributed by atoms with Gasteiger partial charge in [-0.3, -0.25) is 0 Å². The third kappa shape index (κ3) is 3.77. The number of hydrogen-bond acceptors (Lipinski definition) is 3. The maximum atomic E-state index is 13.1. The van der Waals surface area contributed by atoms with Crippen LogP contribution in [0.15, 0.2) is 0 Å². The molecule has 21 heavy (non-hydrogen) atoms. The van der Waals surface area contributed by atoms with Gasteiger partial charge in [-0.25, -0.2) is 4.98 Å². The molecule has 0 spiro atoms. The van der Waals surface area contributed by atoms with Crippen LogP contribution in [0.2, 0.25) is 0 Å². The van der Waals surface area contributed by atoms with Crippen LogP contribution in [0.1, 0.15) is 66.9 Å². The highest BCUT2D eigenvalue weighted by Crippen LogP contribution is 2.41. The molecule has 0 unspecified atom stereocenters. The second-order valence-electron chi connectivity index (χ2n) is 6.43. The SMILES string of the molecule is CC1CCC(c2nc(C(F)(F)F)c(CNC3CC3)s2)CC1. The number of hydrogen-bond donors (Lipinski definition) is 1. The van der Waals surface area contributed by atoms with E-state index in [2.05, 4.69) is 17.2 Å². The number of nitrogens with zero attached hydrogens (tertiary/aromatic N) is 1. The molecule has 0 aromatic carbocycles. The quantitative estimate of drug-likeness (QED) is 0.870. The molecule has 1 aromatic heterocycles. The number of aromatic nitrogens is 1. The molecule has 1 N–H and O–H groups in total. The van der Waals surface area contributed by atoms with Crippen LogP contribution in [-0.2, 0) is 12.7 Å². The van der Waals surface area contributed by atoms with Crippen LogP contribution < -0.4 is 5.32 Å². The third-order valence-corrected chi connectivity index (χ3v) is 5.69. The summed E-state index contributed by atoms with van der Waals surface area (Å²) in [7, 11) is 0. The van der Waals surface area contributed by atoms with E-state index in [0.717, 1.165) is 38.5 Å². The van der Waals surface area contributed by atoms with Crippen LogP contribution >= 0.6 is 11.3 Å². The maximum Gasteiger partial charge on any atom is 0.434 e. The molecule has 2 nitrogen and oxygen atoms in total. The van der Waals surface area contributed by atoms with Crippen LogP contribution in [0.3, 0.4) is 0 Å². The average molecular weight is 318 g/mol. The fourth-order valence-corrected chi connectivity index (χ4v) is 4.12. The molecule has 1 aromatic rings. The van der Waals surface area contributed by atoms with Crippen molar-refractivity contribution in [2.24, 2.45) is 5.92 Å². The maximum absolute atomic E-state index is 13.1. The minimum Gasteiger partial charge on any atom is -0.309 e. The van der Waals surface area contributed by atoms with Gasteiger partial charge in [0.2, 0.25) is 0 Å². The average Bonchev–Trinajstić information content (AvgIpc) is 3.14. The van der Waals surface area contributed by atoms with Gasteiger partial charge >= 0.3 is 6.18 Å². The monoisotopic (exact) mass is 318 g/mol. The van der Waals surface area contributed by atoms with Crippen molar-refractivity contribution in [3.8, 4) is 0 Å². The summed E-state index contributed by atoms with van der Waals surface area (Å²) >= 11 is 1.27. The predicted molar refractivity (Wildman–Crippen MR) is 77.4 cm³/mol. The Bertz CT molecular complexity index is 486. The Morgan fingerprint density at radius 3 is 2.38 bits per heavy atom. The molecule has 6 heteroatoms. The van der Waals surface area contributed by atoms with Crippen LogP contribution in [0.4, 0.5) is 13.2 Å². The van der Waals surface area contributed by atoms with E-state index in [1.807, 2.05) is 0 Å². The zero-order chi connectivity index (χ0) is 15.0. The van der Waals surface area contributed by atoms with Gasteiger partial charge in [0.15, 0.2) is 5.69 Å². The van der Waals surface area contributed by atoms with Crippen molar-refractivity contribution in [1.29, 1.82) is 0 Å². The van der Waals surface area contributed by atoms with Crippen molar-refractivity contribution < 1.29 is 13.2 Å². The number of halogens is 3. The van der Waals surface area contributed by atoms with E-state index in [-0.39, 0.29) is 5.92 Å². The van der Waals surface area contributed by atoms with Gasteiger partial charge in [0.25, 0.3) is 0 Å². The first-order valence-electron chi connectivity index (χ1n) is 7.73. The van der Waals surface area contributed by atoms with Gasteiger partial charge < -0.3 is 5.32 Å². The van der Waals surface area contributed by atoms with Gasteiger partial charge in [0, 0.05) is 18.5 Å². The van der Waals surface area contributed by atoms with E-state index >= 15 is 0 Å². The zero-order valence-electron chi connectivity index (χ0n) is 12.2. The molecular formula is C15H21F3N2S. The molecule has 3 rings (SSSR count). The Kier molecular flexibility index (Phi) is 4.28. The summed E-state index contributed by atoms with van der Waals surface area (Å²) in [6.07, 6.45) is 1.96. The highest BCUT2D eigenvalue weighted by atomic mass is 32.1. The minimum atomic E-state index is -4.34. The molecule has 1 heterocycles. The number of rotatable bonds is 4. The summed E-state index contributed by atoms with van der Waals surface area (Å²) in [5.74, 6) is 0.918.